The predicted octanol–water partition coefficient (Wildman–Crippen LogP) is 3.19. The van der Waals surface area contributed by atoms with Crippen LogP contribution >= 0.6 is 27.3 Å². The van der Waals surface area contributed by atoms with Gasteiger partial charge in [-0.05, 0) is 35.3 Å². The van der Waals surface area contributed by atoms with Crippen LogP contribution in [0.4, 0.5) is 0 Å². The number of thiazole rings is 1. The second kappa shape index (κ2) is 8.49. The zero-order valence-corrected chi connectivity index (χ0v) is 16.5. The van der Waals surface area contributed by atoms with Crippen molar-refractivity contribution in [3.8, 4) is 0 Å². The summed E-state index contributed by atoms with van der Waals surface area (Å²) in [6.45, 7) is 3.75. The molecule has 0 radical (unpaired) electrons. The molecule has 23 heavy (non-hydrogen) atoms. The summed E-state index contributed by atoms with van der Waals surface area (Å²) in [6, 6.07) is 2.13. The summed E-state index contributed by atoms with van der Waals surface area (Å²) >= 11 is 5.25. The molecule has 0 atom stereocenters. The summed E-state index contributed by atoms with van der Waals surface area (Å²) < 4.78 is 3.23. The Morgan fingerprint density at radius 3 is 2.87 bits per heavy atom. The van der Waals surface area contributed by atoms with Gasteiger partial charge >= 0.3 is 0 Å². The van der Waals surface area contributed by atoms with Gasteiger partial charge in [0.05, 0.1) is 11.6 Å². The number of guanidine groups is 1. The van der Waals surface area contributed by atoms with Crippen LogP contribution in [-0.4, -0.2) is 41.1 Å². The van der Waals surface area contributed by atoms with Crippen molar-refractivity contribution in [3.63, 3.8) is 0 Å². The Morgan fingerprint density at radius 2 is 2.30 bits per heavy atom. The maximum absolute atomic E-state index is 4.49. The van der Waals surface area contributed by atoms with Crippen LogP contribution in [-0.2, 0) is 20.0 Å². The molecule has 7 heteroatoms. The zero-order chi connectivity index (χ0) is 16.8. The van der Waals surface area contributed by atoms with Crippen LogP contribution in [0.15, 0.2) is 27.1 Å². The SMILES string of the molecule is CN=C(NCCCc1nc(C)cs1)N(C)Cc1cc(Br)cn1C. The Labute approximate surface area is 150 Å². The van der Waals surface area contributed by atoms with Crippen molar-refractivity contribution < 1.29 is 0 Å². The summed E-state index contributed by atoms with van der Waals surface area (Å²) in [5.74, 6) is 0.914. The molecular formula is C16H24BrN5S. The van der Waals surface area contributed by atoms with Gasteiger partial charge in [-0.1, -0.05) is 0 Å². The summed E-state index contributed by atoms with van der Waals surface area (Å²) in [5, 5.41) is 6.74. The molecule has 0 fully saturated rings. The predicted molar refractivity (Wildman–Crippen MR) is 101 cm³/mol. The number of nitrogens with zero attached hydrogens (tertiary/aromatic N) is 4. The number of halogens is 1. The van der Waals surface area contributed by atoms with Crippen LogP contribution in [0, 0.1) is 6.92 Å². The molecule has 0 aromatic carbocycles. The minimum atomic E-state index is 0.813. The van der Waals surface area contributed by atoms with Gasteiger partial charge in [-0.25, -0.2) is 4.98 Å². The normalized spacial score (nSPS) is 11.8. The average Bonchev–Trinajstić information content (AvgIpc) is 3.04. The lowest BCUT2D eigenvalue weighted by molar-refractivity contribution is 0.461. The van der Waals surface area contributed by atoms with Crippen LogP contribution < -0.4 is 5.32 Å². The van der Waals surface area contributed by atoms with Gasteiger partial charge in [-0.3, -0.25) is 4.99 Å². The van der Waals surface area contributed by atoms with Crippen LogP contribution in [0.5, 0.6) is 0 Å². The highest BCUT2D eigenvalue weighted by atomic mass is 79.9. The third kappa shape index (κ3) is 5.35. The molecule has 0 aliphatic carbocycles. The maximum Gasteiger partial charge on any atom is 0.193 e. The molecule has 0 saturated heterocycles. The van der Waals surface area contributed by atoms with E-state index in [9.17, 15) is 0 Å². The van der Waals surface area contributed by atoms with E-state index < -0.39 is 0 Å². The molecule has 0 saturated carbocycles. The fourth-order valence-corrected chi connectivity index (χ4v) is 3.77. The molecule has 2 rings (SSSR count). The first kappa shape index (κ1) is 18.0. The van der Waals surface area contributed by atoms with E-state index in [-0.39, 0.29) is 0 Å². The highest BCUT2D eigenvalue weighted by Gasteiger charge is 2.09. The van der Waals surface area contributed by atoms with Crippen molar-refractivity contribution in [2.45, 2.75) is 26.3 Å². The van der Waals surface area contributed by atoms with E-state index >= 15 is 0 Å². The van der Waals surface area contributed by atoms with E-state index in [1.54, 1.807) is 11.3 Å². The molecule has 0 bridgehead atoms. The summed E-state index contributed by atoms with van der Waals surface area (Å²) in [6.07, 6.45) is 4.13. The molecule has 0 unspecified atom stereocenters. The Morgan fingerprint density at radius 1 is 1.52 bits per heavy atom. The fraction of sp³-hybridized carbons (Fsp3) is 0.500. The van der Waals surface area contributed by atoms with E-state index in [0.717, 1.165) is 42.1 Å². The Hall–Kier alpha value is -1.34. The van der Waals surface area contributed by atoms with Crippen molar-refractivity contribution in [2.24, 2.45) is 12.0 Å². The molecule has 5 nitrogen and oxygen atoms in total. The average molecular weight is 398 g/mol. The lowest BCUT2D eigenvalue weighted by atomic mass is 10.3. The number of aliphatic imine (C=N–C) groups is 1. The molecule has 0 amide bonds. The molecular weight excluding hydrogens is 374 g/mol. The highest BCUT2D eigenvalue weighted by Crippen LogP contribution is 2.15. The standard InChI is InChI=1S/C16H24BrN5S/c1-12-11-23-15(20-12)6-5-7-19-16(18-2)22(4)10-14-8-13(17)9-21(14)3/h8-9,11H,5-7,10H2,1-4H3,(H,18,19). The zero-order valence-electron chi connectivity index (χ0n) is 14.1. The molecule has 0 aliphatic heterocycles. The second-order valence-electron chi connectivity index (χ2n) is 5.58. The van der Waals surface area contributed by atoms with Crippen molar-refractivity contribution >= 4 is 33.2 Å². The van der Waals surface area contributed by atoms with Crippen LogP contribution in [0.2, 0.25) is 0 Å². The summed E-state index contributed by atoms with van der Waals surface area (Å²) in [5.41, 5.74) is 2.35. The molecule has 0 aliphatic rings. The van der Waals surface area contributed by atoms with Gasteiger partial charge in [-0.15, -0.1) is 11.3 Å². The van der Waals surface area contributed by atoms with Gasteiger partial charge < -0.3 is 14.8 Å². The maximum atomic E-state index is 4.49. The van der Waals surface area contributed by atoms with E-state index in [0.29, 0.717) is 0 Å². The molecule has 2 aromatic heterocycles. The monoisotopic (exact) mass is 397 g/mol. The summed E-state index contributed by atoms with van der Waals surface area (Å²) in [4.78, 5) is 11.0. The van der Waals surface area contributed by atoms with Crippen molar-refractivity contribution in [1.82, 2.24) is 19.8 Å². The van der Waals surface area contributed by atoms with E-state index in [4.69, 9.17) is 0 Å². The van der Waals surface area contributed by atoms with E-state index in [2.05, 4.69) is 72.4 Å². The number of aromatic nitrogens is 2. The minimum Gasteiger partial charge on any atom is -0.356 e. The van der Waals surface area contributed by atoms with Crippen molar-refractivity contribution in [1.29, 1.82) is 0 Å². The third-order valence-corrected chi connectivity index (χ3v) is 5.02. The third-order valence-electron chi connectivity index (χ3n) is 3.56. The Balaban J connectivity index is 1.79. The Bertz CT molecular complexity index is 661. The van der Waals surface area contributed by atoms with Crippen molar-refractivity contribution in [2.75, 3.05) is 20.6 Å². The van der Waals surface area contributed by atoms with Gasteiger partial charge in [0.1, 0.15) is 0 Å². The quantitative estimate of drug-likeness (QED) is 0.462. The van der Waals surface area contributed by atoms with Gasteiger partial charge in [-0.2, -0.15) is 0 Å². The first-order valence-corrected chi connectivity index (χ1v) is 9.30. The van der Waals surface area contributed by atoms with Gasteiger partial charge in [0.15, 0.2) is 5.96 Å². The highest BCUT2D eigenvalue weighted by molar-refractivity contribution is 9.10. The van der Waals surface area contributed by atoms with Crippen LogP contribution in [0.3, 0.4) is 0 Å². The Kier molecular flexibility index (Phi) is 6.65. The number of hydrogen-bond acceptors (Lipinski definition) is 3. The minimum absolute atomic E-state index is 0.813. The van der Waals surface area contributed by atoms with Crippen LogP contribution in [0.1, 0.15) is 22.8 Å². The molecule has 126 valence electrons. The number of hydrogen-bond donors (Lipinski definition) is 1. The van der Waals surface area contributed by atoms with Crippen LogP contribution in [0.25, 0.3) is 0 Å². The first-order chi connectivity index (χ1) is 11.0. The molecule has 2 aromatic rings. The van der Waals surface area contributed by atoms with Crippen molar-refractivity contribution in [3.05, 3.63) is 38.5 Å². The van der Waals surface area contributed by atoms with Gasteiger partial charge in [0.2, 0.25) is 0 Å². The fourth-order valence-electron chi connectivity index (χ4n) is 2.38. The lowest BCUT2D eigenvalue weighted by Crippen LogP contribution is -2.39. The number of nitrogens with one attached hydrogen (secondary N) is 1. The smallest absolute Gasteiger partial charge is 0.193 e. The second-order valence-corrected chi connectivity index (χ2v) is 7.44. The molecule has 0 spiro atoms. The molecule has 2 heterocycles. The first-order valence-electron chi connectivity index (χ1n) is 7.63. The van der Waals surface area contributed by atoms with E-state index in [1.807, 2.05) is 14.0 Å². The molecule has 1 N–H and O–H groups in total. The lowest BCUT2D eigenvalue weighted by Gasteiger charge is -2.22. The number of aryl methyl sites for hydroxylation is 3. The van der Waals surface area contributed by atoms with Gasteiger partial charge in [0, 0.05) is 61.5 Å². The summed E-state index contributed by atoms with van der Waals surface area (Å²) in [7, 11) is 5.94. The van der Waals surface area contributed by atoms with Gasteiger partial charge in [0.25, 0.3) is 0 Å². The topological polar surface area (TPSA) is 45.5 Å². The largest absolute Gasteiger partial charge is 0.356 e. The number of rotatable bonds is 6. The van der Waals surface area contributed by atoms with E-state index in [1.165, 1.54) is 10.7 Å².